The molecule has 2 aromatic rings. The van der Waals surface area contributed by atoms with Crippen molar-refractivity contribution in [1.82, 2.24) is 9.61 Å². The maximum atomic E-state index is 13.0. The molecule has 11 heavy (non-hydrogen) atoms. The van der Waals surface area contributed by atoms with Gasteiger partial charge in [0.25, 0.3) is 0 Å². The van der Waals surface area contributed by atoms with Crippen LogP contribution in [0.1, 0.15) is 5.56 Å². The fourth-order valence-corrected chi connectivity index (χ4v) is 1.11. The van der Waals surface area contributed by atoms with Gasteiger partial charge in [0.2, 0.25) is 0 Å². The minimum atomic E-state index is -0.220. The van der Waals surface area contributed by atoms with E-state index in [1.54, 1.807) is 18.5 Å². The van der Waals surface area contributed by atoms with E-state index in [1.807, 2.05) is 6.92 Å². The Morgan fingerprint density at radius 2 is 2.36 bits per heavy atom. The molecule has 0 radical (unpaired) electrons. The summed E-state index contributed by atoms with van der Waals surface area (Å²) in [6.45, 7) is 1.84. The van der Waals surface area contributed by atoms with E-state index in [-0.39, 0.29) is 5.82 Å². The molecule has 0 atom stereocenters. The van der Waals surface area contributed by atoms with Crippen LogP contribution in [-0.4, -0.2) is 9.61 Å². The monoisotopic (exact) mass is 150 g/mol. The lowest BCUT2D eigenvalue weighted by atomic mass is 10.3. The normalized spacial score (nSPS) is 10.7. The van der Waals surface area contributed by atoms with Crippen molar-refractivity contribution in [2.45, 2.75) is 6.92 Å². The summed E-state index contributed by atoms with van der Waals surface area (Å²) in [4.78, 5) is 0. The van der Waals surface area contributed by atoms with Gasteiger partial charge in [0.05, 0.1) is 6.20 Å². The lowest BCUT2D eigenvalue weighted by Gasteiger charge is -1.96. The molecule has 0 N–H and O–H groups in total. The van der Waals surface area contributed by atoms with Gasteiger partial charge in [-0.3, -0.25) is 0 Å². The summed E-state index contributed by atoms with van der Waals surface area (Å²) < 4.78 is 14.6. The fraction of sp³-hybridized carbons (Fsp3) is 0.125. The van der Waals surface area contributed by atoms with E-state index in [9.17, 15) is 4.39 Å². The molecule has 0 aromatic carbocycles. The maximum absolute atomic E-state index is 13.0. The second-order valence-corrected chi connectivity index (χ2v) is 2.53. The van der Waals surface area contributed by atoms with Crippen LogP contribution in [0.25, 0.3) is 5.52 Å². The Labute approximate surface area is 63.3 Å². The highest BCUT2D eigenvalue weighted by molar-refractivity contribution is 5.47. The smallest absolute Gasteiger partial charge is 0.149 e. The SMILES string of the molecule is Cc1cc(F)c2ccnn2c1. The van der Waals surface area contributed by atoms with Crippen molar-refractivity contribution in [3.05, 3.63) is 35.9 Å². The number of nitrogens with zero attached hydrogens (tertiary/aromatic N) is 2. The van der Waals surface area contributed by atoms with E-state index in [2.05, 4.69) is 5.10 Å². The van der Waals surface area contributed by atoms with Crippen LogP contribution in [0.5, 0.6) is 0 Å². The van der Waals surface area contributed by atoms with E-state index in [0.717, 1.165) is 5.56 Å². The molecular formula is C8H7FN2. The van der Waals surface area contributed by atoms with E-state index in [1.165, 1.54) is 10.6 Å². The van der Waals surface area contributed by atoms with Crippen molar-refractivity contribution in [2.24, 2.45) is 0 Å². The van der Waals surface area contributed by atoms with E-state index < -0.39 is 0 Å². The highest BCUT2D eigenvalue weighted by atomic mass is 19.1. The zero-order chi connectivity index (χ0) is 7.84. The predicted molar refractivity (Wildman–Crippen MR) is 39.9 cm³/mol. The van der Waals surface area contributed by atoms with Gasteiger partial charge in [0, 0.05) is 6.20 Å². The molecule has 0 aliphatic carbocycles. The Bertz CT molecular complexity index is 392. The molecule has 56 valence electrons. The van der Waals surface area contributed by atoms with Crippen molar-refractivity contribution >= 4 is 5.52 Å². The van der Waals surface area contributed by atoms with Gasteiger partial charge in [-0.2, -0.15) is 5.10 Å². The minimum absolute atomic E-state index is 0.220. The second-order valence-electron chi connectivity index (χ2n) is 2.53. The third-order valence-electron chi connectivity index (χ3n) is 1.60. The van der Waals surface area contributed by atoms with Gasteiger partial charge in [-0.25, -0.2) is 8.91 Å². The summed E-state index contributed by atoms with van der Waals surface area (Å²) in [5, 5.41) is 3.92. The van der Waals surface area contributed by atoms with Crippen molar-refractivity contribution in [3.8, 4) is 0 Å². The summed E-state index contributed by atoms with van der Waals surface area (Å²) in [5.41, 5.74) is 1.40. The summed E-state index contributed by atoms with van der Waals surface area (Å²) >= 11 is 0. The lowest BCUT2D eigenvalue weighted by Crippen LogP contribution is -1.90. The molecule has 0 fully saturated rings. The Kier molecular flexibility index (Phi) is 1.18. The first-order valence-electron chi connectivity index (χ1n) is 3.37. The summed E-state index contributed by atoms with van der Waals surface area (Å²) in [7, 11) is 0. The average molecular weight is 150 g/mol. The van der Waals surface area contributed by atoms with Crippen LogP contribution in [0.4, 0.5) is 4.39 Å². The van der Waals surface area contributed by atoms with Gasteiger partial charge in [0.15, 0.2) is 0 Å². The van der Waals surface area contributed by atoms with Crippen molar-refractivity contribution < 1.29 is 4.39 Å². The van der Waals surface area contributed by atoms with Gasteiger partial charge in [0.1, 0.15) is 11.3 Å². The molecule has 0 bridgehead atoms. The molecule has 3 heteroatoms. The largest absolute Gasteiger partial charge is 0.238 e. The van der Waals surface area contributed by atoms with Crippen LogP contribution in [0, 0.1) is 12.7 Å². The molecule has 2 aromatic heterocycles. The van der Waals surface area contributed by atoms with Gasteiger partial charge in [-0.05, 0) is 24.6 Å². The molecule has 0 saturated carbocycles. The van der Waals surface area contributed by atoms with E-state index in [0.29, 0.717) is 5.52 Å². The standard InChI is InChI=1S/C8H7FN2/c1-6-4-7(9)8-2-3-10-11(8)5-6/h2-5H,1H3. The van der Waals surface area contributed by atoms with Crippen LogP contribution < -0.4 is 0 Å². The third kappa shape index (κ3) is 0.888. The van der Waals surface area contributed by atoms with Gasteiger partial charge >= 0.3 is 0 Å². The molecular weight excluding hydrogens is 143 g/mol. The summed E-state index contributed by atoms with van der Waals surface area (Å²) in [5.74, 6) is -0.220. The molecule has 0 amide bonds. The van der Waals surface area contributed by atoms with E-state index in [4.69, 9.17) is 0 Å². The first-order valence-corrected chi connectivity index (χ1v) is 3.37. The number of hydrogen-bond donors (Lipinski definition) is 0. The van der Waals surface area contributed by atoms with E-state index >= 15 is 0 Å². The van der Waals surface area contributed by atoms with Crippen LogP contribution in [0.15, 0.2) is 24.5 Å². The zero-order valence-electron chi connectivity index (χ0n) is 6.08. The highest BCUT2D eigenvalue weighted by Gasteiger charge is 2.00. The van der Waals surface area contributed by atoms with Crippen molar-refractivity contribution in [2.75, 3.05) is 0 Å². The Morgan fingerprint density at radius 3 is 3.18 bits per heavy atom. The topological polar surface area (TPSA) is 17.3 Å². The Balaban J connectivity index is 2.91. The molecule has 2 rings (SSSR count). The van der Waals surface area contributed by atoms with Crippen LogP contribution in [0.2, 0.25) is 0 Å². The number of aromatic nitrogens is 2. The predicted octanol–water partition coefficient (Wildman–Crippen LogP) is 1.78. The molecule has 0 aliphatic heterocycles. The summed E-state index contributed by atoms with van der Waals surface area (Å²) in [6.07, 6.45) is 3.37. The zero-order valence-corrected chi connectivity index (χ0v) is 6.08. The molecule has 0 saturated heterocycles. The molecule has 0 spiro atoms. The number of rotatable bonds is 0. The van der Waals surface area contributed by atoms with Crippen molar-refractivity contribution in [3.63, 3.8) is 0 Å². The Hall–Kier alpha value is -1.38. The lowest BCUT2D eigenvalue weighted by molar-refractivity contribution is 0.629. The highest BCUT2D eigenvalue weighted by Crippen LogP contribution is 2.09. The number of pyridine rings is 1. The van der Waals surface area contributed by atoms with Crippen LogP contribution >= 0.6 is 0 Å². The average Bonchev–Trinajstić information content (AvgIpc) is 2.34. The van der Waals surface area contributed by atoms with Crippen LogP contribution in [0.3, 0.4) is 0 Å². The molecule has 0 unspecified atom stereocenters. The maximum Gasteiger partial charge on any atom is 0.149 e. The molecule has 2 heterocycles. The number of hydrogen-bond acceptors (Lipinski definition) is 1. The first-order chi connectivity index (χ1) is 5.27. The van der Waals surface area contributed by atoms with Gasteiger partial charge < -0.3 is 0 Å². The quantitative estimate of drug-likeness (QED) is 0.559. The first kappa shape index (κ1) is 6.34. The Morgan fingerprint density at radius 1 is 1.55 bits per heavy atom. The van der Waals surface area contributed by atoms with Gasteiger partial charge in [-0.1, -0.05) is 0 Å². The third-order valence-corrected chi connectivity index (χ3v) is 1.60. The fourth-order valence-electron chi connectivity index (χ4n) is 1.11. The van der Waals surface area contributed by atoms with Gasteiger partial charge in [-0.15, -0.1) is 0 Å². The second kappa shape index (κ2) is 2.05. The van der Waals surface area contributed by atoms with Crippen molar-refractivity contribution in [1.29, 1.82) is 0 Å². The number of halogens is 1. The summed E-state index contributed by atoms with van der Waals surface area (Å²) in [6, 6.07) is 3.14. The minimum Gasteiger partial charge on any atom is -0.238 e. The molecule has 2 nitrogen and oxygen atoms in total. The number of aryl methyl sites for hydroxylation is 1. The van der Waals surface area contributed by atoms with Crippen LogP contribution in [-0.2, 0) is 0 Å². The number of fused-ring (bicyclic) bond motifs is 1. The molecule has 0 aliphatic rings.